The Morgan fingerprint density at radius 1 is 1.03 bits per heavy atom. The van der Waals surface area contributed by atoms with Crippen LogP contribution in [0.1, 0.15) is 12.7 Å². The molecule has 7 heteroatoms. The maximum atomic E-state index is 12.4. The molecule has 2 N–H and O–H groups in total. The summed E-state index contributed by atoms with van der Waals surface area (Å²) in [6.07, 6.45) is 2.32. The normalized spacial score (nSPS) is 10.7. The lowest BCUT2D eigenvalue weighted by Crippen LogP contribution is -2.31. The van der Waals surface area contributed by atoms with Gasteiger partial charge in [-0.2, -0.15) is 0 Å². The highest BCUT2D eigenvalue weighted by Crippen LogP contribution is 2.23. The quantitative estimate of drug-likeness (QED) is 0.487. The number of urea groups is 1. The van der Waals surface area contributed by atoms with E-state index in [4.69, 9.17) is 9.72 Å². The lowest BCUT2D eigenvalue weighted by Gasteiger charge is -2.12. The Kier molecular flexibility index (Phi) is 5.89. The van der Waals surface area contributed by atoms with Gasteiger partial charge in [-0.15, -0.1) is 0 Å². The van der Waals surface area contributed by atoms with Gasteiger partial charge < -0.3 is 15.4 Å². The molecule has 30 heavy (non-hydrogen) atoms. The summed E-state index contributed by atoms with van der Waals surface area (Å²) in [6.45, 7) is 2.87. The van der Waals surface area contributed by atoms with Gasteiger partial charge in [0.2, 0.25) is 0 Å². The van der Waals surface area contributed by atoms with Crippen LogP contribution in [0.2, 0.25) is 0 Å². The van der Waals surface area contributed by atoms with Gasteiger partial charge in [-0.25, -0.2) is 14.8 Å². The van der Waals surface area contributed by atoms with E-state index in [1.165, 1.54) is 0 Å². The highest BCUT2D eigenvalue weighted by atomic mass is 16.5. The zero-order valence-corrected chi connectivity index (χ0v) is 16.7. The number of rotatable bonds is 7. The predicted octanol–water partition coefficient (Wildman–Crippen LogP) is 4.18. The fraction of sp³-hybridized carbons (Fsp3) is 0.174. The summed E-state index contributed by atoms with van der Waals surface area (Å²) in [5.74, 6) is 1.48. The summed E-state index contributed by atoms with van der Waals surface area (Å²) in [7, 11) is 0. The van der Waals surface area contributed by atoms with Crippen molar-refractivity contribution >= 4 is 22.9 Å². The number of hydrogen-bond acceptors (Lipinski definition) is 4. The number of carbonyl (C=O) groups excluding carboxylic acids is 1. The zero-order valence-electron chi connectivity index (χ0n) is 16.7. The summed E-state index contributed by atoms with van der Waals surface area (Å²) in [4.78, 5) is 21.6. The molecule has 7 nitrogen and oxygen atoms in total. The number of carbonyl (C=O) groups is 1. The number of imidazole rings is 1. The van der Waals surface area contributed by atoms with Crippen LogP contribution in [0, 0.1) is 0 Å². The lowest BCUT2D eigenvalue weighted by molar-refractivity contribution is 0.252. The second kappa shape index (κ2) is 9.09. The fourth-order valence-corrected chi connectivity index (χ4v) is 3.28. The summed E-state index contributed by atoms with van der Waals surface area (Å²) in [6, 6.07) is 20.9. The first-order valence-electron chi connectivity index (χ1n) is 9.90. The molecule has 0 aliphatic heterocycles. The fourth-order valence-electron chi connectivity index (χ4n) is 3.28. The van der Waals surface area contributed by atoms with Crippen LogP contribution < -0.4 is 15.4 Å². The number of anilines is 1. The molecule has 4 rings (SSSR count). The number of aromatic nitrogens is 3. The van der Waals surface area contributed by atoms with Crippen LogP contribution in [0.5, 0.6) is 5.75 Å². The van der Waals surface area contributed by atoms with Crippen molar-refractivity contribution in [1.29, 1.82) is 0 Å². The van der Waals surface area contributed by atoms with Crippen molar-refractivity contribution in [2.24, 2.45) is 0 Å². The van der Waals surface area contributed by atoms with Crippen LogP contribution in [0.15, 0.2) is 72.9 Å². The molecule has 0 aliphatic rings. The van der Waals surface area contributed by atoms with Crippen molar-refractivity contribution in [2.75, 3.05) is 18.5 Å². The third kappa shape index (κ3) is 4.25. The molecule has 152 valence electrons. The molecule has 2 aromatic carbocycles. The first-order valence-corrected chi connectivity index (χ1v) is 9.90. The first-order chi connectivity index (χ1) is 14.8. The van der Waals surface area contributed by atoms with Gasteiger partial charge in [-0.1, -0.05) is 30.3 Å². The molecule has 0 atom stereocenters. The number of nitrogens with one attached hydrogen (secondary N) is 2. The Morgan fingerprint density at radius 2 is 1.83 bits per heavy atom. The van der Waals surface area contributed by atoms with Crippen molar-refractivity contribution < 1.29 is 9.53 Å². The maximum absolute atomic E-state index is 12.4. The monoisotopic (exact) mass is 401 g/mol. The highest BCUT2D eigenvalue weighted by molar-refractivity contribution is 5.90. The molecular formula is C23H23N5O2. The molecule has 2 aromatic heterocycles. The maximum Gasteiger partial charge on any atom is 0.319 e. The predicted molar refractivity (Wildman–Crippen MR) is 117 cm³/mol. The molecule has 0 aliphatic carbocycles. The third-order valence-corrected chi connectivity index (χ3v) is 4.57. The first kappa shape index (κ1) is 19.4. The topological polar surface area (TPSA) is 81.1 Å². The van der Waals surface area contributed by atoms with Crippen molar-refractivity contribution in [3.63, 3.8) is 0 Å². The average molecular weight is 401 g/mol. The van der Waals surface area contributed by atoms with E-state index in [1.807, 2.05) is 78.2 Å². The minimum Gasteiger partial charge on any atom is -0.492 e. The molecule has 0 saturated carbocycles. The molecule has 0 radical (unpaired) electrons. The van der Waals surface area contributed by atoms with Gasteiger partial charge in [0.05, 0.1) is 12.3 Å². The van der Waals surface area contributed by atoms with Gasteiger partial charge in [-0.05, 0) is 43.3 Å². The minimum atomic E-state index is -0.289. The van der Waals surface area contributed by atoms with E-state index >= 15 is 0 Å². The summed E-state index contributed by atoms with van der Waals surface area (Å²) in [5, 5.41) is 5.73. The van der Waals surface area contributed by atoms with E-state index < -0.39 is 0 Å². The van der Waals surface area contributed by atoms with E-state index in [0.29, 0.717) is 31.0 Å². The molecule has 0 spiro atoms. The second-order valence-electron chi connectivity index (χ2n) is 6.61. The van der Waals surface area contributed by atoms with E-state index in [1.54, 1.807) is 6.20 Å². The van der Waals surface area contributed by atoms with Gasteiger partial charge in [0.25, 0.3) is 0 Å². The Balaban J connectivity index is 1.46. The number of fused-ring (bicyclic) bond motifs is 1. The lowest BCUT2D eigenvalue weighted by atomic mass is 10.3. The van der Waals surface area contributed by atoms with E-state index in [0.717, 1.165) is 22.7 Å². The number of ether oxygens (including phenoxy) is 1. The van der Waals surface area contributed by atoms with Crippen molar-refractivity contribution in [3.8, 4) is 11.4 Å². The Hall–Kier alpha value is -3.87. The van der Waals surface area contributed by atoms with Crippen molar-refractivity contribution in [3.05, 3.63) is 78.8 Å². The Labute approximate surface area is 174 Å². The summed E-state index contributed by atoms with van der Waals surface area (Å²) >= 11 is 0. The molecule has 2 amide bonds. The van der Waals surface area contributed by atoms with E-state index in [9.17, 15) is 4.79 Å². The van der Waals surface area contributed by atoms with Gasteiger partial charge in [0.15, 0.2) is 5.65 Å². The molecule has 0 unspecified atom stereocenters. The van der Waals surface area contributed by atoms with Gasteiger partial charge >= 0.3 is 6.03 Å². The van der Waals surface area contributed by atoms with Gasteiger partial charge in [-0.3, -0.25) is 4.57 Å². The van der Waals surface area contributed by atoms with Gasteiger partial charge in [0.1, 0.15) is 17.1 Å². The molecular weight excluding hydrogens is 378 g/mol. The SMILES string of the molecule is CCOc1ccccc1NC(=O)NCCc1nc2cccnc2n1-c1ccccc1. The third-order valence-electron chi connectivity index (χ3n) is 4.57. The zero-order chi connectivity index (χ0) is 20.8. The average Bonchev–Trinajstić information content (AvgIpc) is 3.14. The van der Waals surface area contributed by atoms with Crippen LogP contribution >= 0.6 is 0 Å². The summed E-state index contributed by atoms with van der Waals surface area (Å²) < 4.78 is 7.57. The van der Waals surface area contributed by atoms with Crippen molar-refractivity contribution in [1.82, 2.24) is 19.9 Å². The highest BCUT2D eigenvalue weighted by Gasteiger charge is 2.14. The number of benzene rings is 2. The number of amides is 2. The smallest absolute Gasteiger partial charge is 0.319 e. The standard InChI is InChI=1S/C23H23N5O2/c1-2-30-20-13-7-6-11-18(20)27-23(29)25-16-14-21-26-19-12-8-15-24-22(19)28(21)17-9-4-3-5-10-17/h3-13,15H,2,14,16H2,1H3,(H2,25,27,29). The largest absolute Gasteiger partial charge is 0.492 e. The molecule has 0 fully saturated rings. The van der Waals surface area contributed by atoms with E-state index in [2.05, 4.69) is 15.6 Å². The van der Waals surface area contributed by atoms with E-state index in [-0.39, 0.29) is 6.03 Å². The van der Waals surface area contributed by atoms with Crippen LogP contribution in [-0.2, 0) is 6.42 Å². The molecule has 0 bridgehead atoms. The molecule has 2 heterocycles. The number of nitrogens with zero attached hydrogens (tertiary/aromatic N) is 3. The number of hydrogen-bond donors (Lipinski definition) is 2. The Bertz CT molecular complexity index is 1140. The van der Waals surface area contributed by atoms with Crippen LogP contribution in [0.3, 0.4) is 0 Å². The van der Waals surface area contributed by atoms with Crippen LogP contribution in [0.4, 0.5) is 10.5 Å². The second-order valence-corrected chi connectivity index (χ2v) is 6.61. The van der Waals surface area contributed by atoms with Crippen LogP contribution in [-0.4, -0.2) is 33.7 Å². The summed E-state index contributed by atoms with van der Waals surface area (Å²) in [5.41, 5.74) is 3.25. The van der Waals surface area contributed by atoms with Crippen molar-refractivity contribution in [2.45, 2.75) is 13.3 Å². The number of pyridine rings is 1. The molecule has 4 aromatic rings. The van der Waals surface area contributed by atoms with Gasteiger partial charge in [0, 0.05) is 24.8 Å². The minimum absolute atomic E-state index is 0.289. The number of para-hydroxylation sites is 3. The molecule has 0 saturated heterocycles. The van der Waals surface area contributed by atoms with Crippen LogP contribution in [0.25, 0.3) is 16.9 Å². The Morgan fingerprint density at radius 3 is 2.67 bits per heavy atom.